The van der Waals surface area contributed by atoms with Gasteiger partial charge in [0.25, 0.3) is 0 Å². The van der Waals surface area contributed by atoms with Crippen molar-refractivity contribution in [3.63, 3.8) is 0 Å². The van der Waals surface area contributed by atoms with Gasteiger partial charge in [-0.15, -0.1) is 11.3 Å². The molecule has 0 spiro atoms. The van der Waals surface area contributed by atoms with Crippen LogP contribution in [0.25, 0.3) is 0 Å². The molecule has 11 atom stereocenters. The standard InChI is InChI=1S/C37H45NO13S.2Ac/c1-6-48-33(45)38-25(21-13-10-14-52-21)27(41)32(44)50-20-16-37(47)30(51-31(43)19-11-8-7-9-12-19)28-35(5,22(39)15-23-36(28,46)17-49-23)29(42)26(40)24(18(20)2)34(37,3)4;;/h7-14,20,22-23,25-28,30,39-41,46-47H,6,15-17H2,1-5H3,(H,38,45);;/t20-,22-,23+,25-,26+,27+,28-,30-,35+,36-,37+;;/m0../s1. The number of nitrogens with one attached hydrogen (secondary N) is 1. The maximum absolute atomic E-state index is 14.6. The third-order valence-corrected chi connectivity index (χ3v) is 12.8. The molecule has 3 aliphatic carbocycles. The minimum atomic E-state index is -2.29. The first-order chi connectivity index (χ1) is 24.4. The number of esters is 2. The SMILES string of the molecule is CCOC(=O)N[C@@H](c1cccs1)[C@@H](O)C(=O)O[C@H]1C[C@@]2(O)[C@@H](OC(=O)c3ccccc3)[C@@H]3[C@]4(O)CO[C@@H]4C[C@H](O)[C@@]3(C)C(=O)[C@H](O)C(=C1C)C2(C)C.[Ac].[Ac]. The number of carbonyl (C=O) groups excluding carboxylic acids is 4. The van der Waals surface area contributed by atoms with Gasteiger partial charge in [-0.1, -0.05) is 38.1 Å². The normalized spacial score (nSPS) is 34.7. The Bertz CT molecular complexity index is 1760. The van der Waals surface area contributed by atoms with Gasteiger partial charge < -0.3 is 49.8 Å². The number of hydrogen-bond donors (Lipinski definition) is 6. The fraction of sp³-hybridized carbons (Fsp3) is 0.568. The molecule has 1 amide bonds. The molecule has 54 heavy (non-hydrogen) atoms. The molecule has 0 unspecified atom stereocenters. The van der Waals surface area contributed by atoms with Crippen LogP contribution < -0.4 is 5.32 Å². The number of aliphatic hydroxyl groups excluding tert-OH is 3. The van der Waals surface area contributed by atoms with Crippen molar-refractivity contribution in [1.82, 2.24) is 5.32 Å². The van der Waals surface area contributed by atoms with E-state index in [0.717, 1.165) is 11.3 Å². The Morgan fingerprint density at radius 1 is 1.04 bits per heavy atom. The molecule has 2 heterocycles. The van der Waals surface area contributed by atoms with E-state index >= 15 is 0 Å². The van der Waals surface area contributed by atoms with Gasteiger partial charge in [0, 0.05) is 117 Å². The molecule has 1 aliphatic heterocycles. The van der Waals surface area contributed by atoms with E-state index in [1.165, 1.54) is 26.0 Å². The number of amides is 1. The molecule has 4 aliphatic rings. The second-order valence-corrected chi connectivity index (χ2v) is 15.8. The Morgan fingerprint density at radius 3 is 2.28 bits per heavy atom. The van der Waals surface area contributed by atoms with Crippen molar-refractivity contribution in [2.24, 2.45) is 16.7 Å². The summed E-state index contributed by atoms with van der Waals surface area (Å²) in [6, 6.07) is 9.87. The smallest absolute Gasteiger partial charge is 0.407 e. The summed E-state index contributed by atoms with van der Waals surface area (Å²) >= 11 is 1.16. The van der Waals surface area contributed by atoms with E-state index in [9.17, 15) is 44.7 Å². The predicted octanol–water partition coefficient (Wildman–Crippen LogP) is 1.97. The minimum absolute atomic E-state index is 0. The van der Waals surface area contributed by atoms with Crippen LogP contribution in [0.2, 0.25) is 0 Å². The first-order valence-corrected chi connectivity index (χ1v) is 18.1. The molecular weight excluding hydrogens is 1150 g/mol. The van der Waals surface area contributed by atoms with Crippen molar-refractivity contribution >= 4 is 35.2 Å². The zero-order chi connectivity index (χ0) is 38.0. The third kappa shape index (κ3) is 7.49. The Labute approximate surface area is 388 Å². The zero-order valence-corrected chi connectivity index (χ0v) is 40.9. The van der Waals surface area contributed by atoms with Gasteiger partial charge in [0.1, 0.15) is 35.6 Å². The van der Waals surface area contributed by atoms with Crippen LogP contribution in [0, 0.1) is 105 Å². The Kier molecular flexibility index (Phi) is 14.6. The maximum Gasteiger partial charge on any atom is 0.407 e. The molecule has 6 N–H and O–H groups in total. The summed E-state index contributed by atoms with van der Waals surface area (Å²) in [5.41, 5.74) is -7.47. The molecular formula is C37H45Ac2NO13S. The summed E-state index contributed by atoms with van der Waals surface area (Å²) in [5, 5.41) is 64.4. The number of rotatable bonds is 8. The van der Waals surface area contributed by atoms with Crippen LogP contribution in [0.15, 0.2) is 59.0 Å². The summed E-state index contributed by atoms with van der Waals surface area (Å²) in [6.45, 7) is 7.31. The van der Waals surface area contributed by atoms with Crippen LogP contribution in [0.4, 0.5) is 4.79 Å². The first kappa shape index (κ1) is 45.9. The average Bonchev–Trinajstić information content (AvgIpc) is 3.64. The molecule has 2 aromatic rings. The van der Waals surface area contributed by atoms with Gasteiger partial charge in [-0.3, -0.25) is 4.79 Å². The number of carbonyl (C=O) groups is 4. The number of aliphatic hydroxyl groups is 5. The van der Waals surface area contributed by atoms with Gasteiger partial charge in [0.05, 0.1) is 36.4 Å². The van der Waals surface area contributed by atoms with Crippen molar-refractivity contribution in [1.29, 1.82) is 0 Å². The van der Waals surface area contributed by atoms with Crippen LogP contribution in [0.5, 0.6) is 0 Å². The second-order valence-electron chi connectivity index (χ2n) is 14.8. The Morgan fingerprint density at radius 2 is 1.70 bits per heavy atom. The van der Waals surface area contributed by atoms with E-state index in [4.69, 9.17) is 18.9 Å². The van der Waals surface area contributed by atoms with Crippen LogP contribution in [-0.2, 0) is 28.5 Å². The van der Waals surface area contributed by atoms with E-state index in [0.29, 0.717) is 4.88 Å². The topological polar surface area (TPSA) is 218 Å². The van der Waals surface area contributed by atoms with Crippen molar-refractivity contribution in [3.8, 4) is 0 Å². The van der Waals surface area contributed by atoms with Crippen molar-refractivity contribution in [3.05, 3.63) is 69.4 Å². The molecule has 3 fully saturated rings. The van der Waals surface area contributed by atoms with Gasteiger partial charge in [0.2, 0.25) is 0 Å². The first-order valence-electron chi connectivity index (χ1n) is 17.2. The zero-order valence-electron chi connectivity index (χ0n) is 30.6. The summed E-state index contributed by atoms with van der Waals surface area (Å²) in [4.78, 5) is 55.1. The van der Waals surface area contributed by atoms with E-state index in [2.05, 4.69) is 5.32 Å². The third-order valence-electron chi connectivity index (χ3n) is 11.8. The Hall–Kier alpha value is -0.817. The minimum Gasteiger partial charge on any atom is -0.456 e. The molecule has 6 rings (SSSR count). The fourth-order valence-electron chi connectivity index (χ4n) is 8.80. The van der Waals surface area contributed by atoms with Crippen molar-refractivity contribution < 1.29 is 152 Å². The van der Waals surface area contributed by atoms with E-state index in [1.807, 2.05) is 0 Å². The molecule has 17 heteroatoms. The van der Waals surface area contributed by atoms with Gasteiger partial charge in [-0.2, -0.15) is 0 Å². The summed E-state index contributed by atoms with van der Waals surface area (Å²) < 4.78 is 22.7. The predicted molar refractivity (Wildman–Crippen MR) is 183 cm³/mol. The number of ether oxygens (including phenoxy) is 4. The molecule has 1 saturated heterocycles. The molecule has 14 nitrogen and oxygen atoms in total. The van der Waals surface area contributed by atoms with Crippen LogP contribution in [0.3, 0.4) is 0 Å². The second kappa shape index (κ2) is 17.2. The van der Waals surface area contributed by atoms with Gasteiger partial charge >= 0.3 is 18.0 Å². The molecule has 288 valence electrons. The Balaban J connectivity index is 0.00000325. The van der Waals surface area contributed by atoms with Crippen LogP contribution in [0.1, 0.15) is 68.7 Å². The van der Waals surface area contributed by atoms with E-state index < -0.39 is 101 Å². The van der Waals surface area contributed by atoms with Crippen LogP contribution >= 0.6 is 11.3 Å². The summed E-state index contributed by atoms with van der Waals surface area (Å²) in [7, 11) is 0. The number of thiophene rings is 1. The summed E-state index contributed by atoms with van der Waals surface area (Å²) in [5.74, 6) is -4.51. The monoisotopic (exact) mass is 1200 g/mol. The number of ketones is 1. The molecule has 1 aromatic heterocycles. The number of Topliss-reactive ketones (excluding diaryl/α,β-unsaturated/α-hetero) is 1. The van der Waals surface area contributed by atoms with Gasteiger partial charge in [-0.05, 0) is 55.5 Å². The summed E-state index contributed by atoms with van der Waals surface area (Å²) in [6.07, 6.45) is -11.1. The molecule has 2 saturated carbocycles. The number of benzene rings is 1. The molecule has 2 bridgehead atoms. The quantitative estimate of drug-likeness (QED) is 0.127. The maximum atomic E-state index is 14.6. The fourth-order valence-corrected chi connectivity index (χ4v) is 9.60. The van der Waals surface area contributed by atoms with Crippen molar-refractivity contribution in [2.75, 3.05) is 13.2 Å². The van der Waals surface area contributed by atoms with E-state index in [1.54, 1.807) is 56.5 Å². The van der Waals surface area contributed by atoms with Crippen LogP contribution in [-0.4, -0.2) is 110 Å². The molecule has 2 radical (unpaired) electrons. The average molecular weight is 1200 g/mol. The van der Waals surface area contributed by atoms with E-state index in [-0.39, 0.29) is 124 Å². The van der Waals surface area contributed by atoms with Gasteiger partial charge in [0.15, 0.2) is 11.9 Å². The van der Waals surface area contributed by atoms with Gasteiger partial charge in [-0.25, -0.2) is 14.4 Å². The molecule has 1 aromatic carbocycles. The number of alkyl carbamates (subject to hydrolysis) is 1. The number of fused-ring (bicyclic) bond motifs is 5. The van der Waals surface area contributed by atoms with Crippen molar-refractivity contribution in [2.45, 2.75) is 101 Å². The number of hydrogen-bond acceptors (Lipinski definition) is 14. The largest absolute Gasteiger partial charge is 0.456 e.